The van der Waals surface area contributed by atoms with Crippen LogP contribution in [-0.2, 0) is 18.0 Å². The van der Waals surface area contributed by atoms with Gasteiger partial charge in [-0.1, -0.05) is 0 Å². The van der Waals surface area contributed by atoms with Crippen LogP contribution in [-0.4, -0.2) is 23.9 Å². The van der Waals surface area contributed by atoms with Crippen molar-refractivity contribution in [2.75, 3.05) is 7.11 Å². The first kappa shape index (κ1) is 12.3. The monoisotopic (exact) mass is 235 g/mol. The number of carbonyl (C=O) groups is 2. The Bertz CT molecular complexity index is 434. The predicted octanol–water partition coefficient (Wildman–Crippen LogP) is 1.64. The van der Waals surface area contributed by atoms with Crippen molar-refractivity contribution in [2.24, 2.45) is 7.05 Å². The lowest BCUT2D eigenvalue weighted by atomic mass is 10.1. The average molecular weight is 235 g/mol. The Labute approximate surface area is 88.6 Å². The number of halogens is 3. The van der Waals surface area contributed by atoms with Crippen LogP contribution >= 0.6 is 0 Å². The lowest BCUT2D eigenvalue weighted by Crippen LogP contribution is -2.17. The maximum atomic E-state index is 12.6. The molecule has 0 aliphatic heterocycles. The van der Waals surface area contributed by atoms with Crippen molar-refractivity contribution in [3.8, 4) is 0 Å². The molecular formula is C9H8F3NO3. The van der Waals surface area contributed by atoms with Gasteiger partial charge in [-0.15, -0.1) is 0 Å². The number of aryl methyl sites for hydroxylation is 1. The van der Waals surface area contributed by atoms with Crippen LogP contribution < -0.4 is 0 Å². The Balaban J connectivity index is 3.53. The van der Waals surface area contributed by atoms with Crippen LogP contribution in [0.5, 0.6) is 0 Å². The molecule has 0 aliphatic rings. The van der Waals surface area contributed by atoms with Gasteiger partial charge in [0.05, 0.1) is 7.11 Å². The van der Waals surface area contributed by atoms with Crippen LogP contribution in [0.2, 0.25) is 0 Å². The summed E-state index contributed by atoms with van der Waals surface area (Å²) in [5.41, 5.74) is -2.30. The largest absolute Gasteiger partial charge is 0.465 e. The topological polar surface area (TPSA) is 48.3 Å². The van der Waals surface area contributed by atoms with Crippen LogP contribution in [0.4, 0.5) is 13.2 Å². The van der Waals surface area contributed by atoms with Crippen molar-refractivity contribution < 1.29 is 27.5 Å². The van der Waals surface area contributed by atoms with Crippen LogP contribution in [0.3, 0.4) is 0 Å². The zero-order valence-corrected chi connectivity index (χ0v) is 8.46. The molecule has 16 heavy (non-hydrogen) atoms. The molecule has 0 saturated heterocycles. The summed E-state index contributed by atoms with van der Waals surface area (Å²) in [6.07, 6.45) is -3.61. The summed E-state index contributed by atoms with van der Waals surface area (Å²) in [6, 6.07) is 0. The highest BCUT2D eigenvalue weighted by molar-refractivity contribution is 5.99. The lowest BCUT2D eigenvalue weighted by molar-refractivity contribution is -0.143. The maximum Gasteiger partial charge on any atom is 0.432 e. The van der Waals surface area contributed by atoms with Gasteiger partial charge >= 0.3 is 12.1 Å². The molecular weight excluding hydrogens is 227 g/mol. The normalized spacial score (nSPS) is 11.3. The van der Waals surface area contributed by atoms with Gasteiger partial charge in [-0.3, -0.25) is 4.79 Å². The zero-order valence-electron chi connectivity index (χ0n) is 8.46. The number of aldehydes is 1. The van der Waals surface area contributed by atoms with Crippen molar-refractivity contribution in [1.82, 2.24) is 4.57 Å². The molecule has 0 aromatic carbocycles. The molecule has 0 saturated carbocycles. The second-order valence-corrected chi connectivity index (χ2v) is 3.03. The molecule has 0 fully saturated rings. The second-order valence-electron chi connectivity index (χ2n) is 3.03. The van der Waals surface area contributed by atoms with Gasteiger partial charge in [0.2, 0.25) is 0 Å². The van der Waals surface area contributed by atoms with Crippen LogP contribution in [0.1, 0.15) is 26.4 Å². The van der Waals surface area contributed by atoms with Crippen LogP contribution in [0.25, 0.3) is 0 Å². The number of methoxy groups -OCH3 is 1. The fraction of sp³-hybridized carbons (Fsp3) is 0.333. The standard InChI is InChI=1S/C9H8F3NO3/c1-13-3-5(4-14)6(8(15)16-2)7(13)9(10,11)12/h3-4H,1-2H3. The smallest absolute Gasteiger partial charge is 0.432 e. The van der Waals surface area contributed by atoms with Gasteiger partial charge in [-0.25, -0.2) is 4.79 Å². The summed E-state index contributed by atoms with van der Waals surface area (Å²) in [5.74, 6) is -1.19. The summed E-state index contributed by atoms with van der Waals surface area (Å²) >= 11 is 0. The van der Waals surface area contributed by atoms with E-state index in [1.165, 1.54) is 0 Å². The minimum absolute atomic E-state index is 0.182. The average Bonchev–Trinajstić information content (AvgIpc) is 2.53. The Morgan fingerprint density at radius 3 is 2.44 bits per heavy atom. The van der Waals surface area contributed by atoms with Gasteiger partial charge in [-0.2, -0.15) is 13.2 Å². The lowest BCUT2D eigenvalue weighted by Gasteiger charge is -2.10. The number of hydrogen-bond acceptors (Lipinski definition) is 3. The zero-order chi connectivity index (χ0) is 12.5. The Morgan fingerprint density at radius 1 is 1.50 bits per heavy atom. The predicted molar refractivity (Wildman–Crippen MR) is 47.1 cm³/mol. The molecule has 0 bridgehead atoms. The molecule has 0 atom stereocenters. The molecule has 4 nitrogen and oxygen atoms in total. The Hall–Kier alpha value is -1.79. The van der Waals surface area contributed by atoms with E-state index in [4.69, 9.17) is 0 Å². The summed E-state index contributed by atoms with van der Waals surface area (Å²) in [4.78, 5) is 21.7. The van der Waals surface area contributed by atoms with Crippen molar-refractivity contribution in [1.29, 1.82) is 0 Å². The fourth-order valence-electron chi connectivity index (χ4n) is 1.40. The molecule has 7 heteroatoms. The van der Waals surface area contributed by atoms with Crippen LogP contribution in [0.15, 0.2) is 6.20 Å². The van der Waals surface area contributed by atoms with E-state index < -0.39 is 23.4 Å². The molecule has 1 rings (SSSR count). The third kappa shape index (κ3) is 1.93. The molecule has 1 aromatic rings. The molecule has 1 heterocycles. The molecule has 0 spiro atoms. The highest BCUT2D eigenvalue weighted by Gasteiger charge is 2.40. The van der Waals surface area contributed by atoms with E-state index >= 15 is 0 Å². The van der Waals surface area contributed by atoms with E-state index in [-0.39, 0.29) is 11.8 Å². The molecule has 0 amide bonds. The number of alkyl halides is 3. The van der Waals surface area contributed by atoms with E-state index in [9.17, 15) is 22.8 Å². The summed E-state index contributed by atoms with van der Waals surface area (Å²) in [6.45, 7) is 0. The number of esters is 1. The molecule has 0 unspecified atom stereocenters. The van der Waals surface area contributed by atoms with Crippen molar-refractivity contribution in [3.63, 3.8) is 0 Å². The van der Waals surface area contributed by atoms with Gasteiger partial charge in [0.1, 0.15) is 11.3 Å². The molecule has 0 N–H and O–H groups in total. The Morgan fingerprint density at radius 2 is 2.06 bits per heavy atom. The Kier molecular flexibility index (Phi) is 3.06. The van der Waals surface area contributed by atoms with Crippen molar-refractivity contribution >= 4 is 12.3 Å². The first-order valence-electron chi connectivity index (χ1n) is 4.13. The van der Waals surface area contributed by atoms with Gasteiger partial charge in [-0.05, 0) is 0 Å². The molecule has 88 valence electrons. The molecule has 0 radical (unpaired) electrons. The summed E-state index contributed by atoms with van der Waals surface area (Å²) < 4.78 is 42.7. The number of rotatable bonds is 2. The minimum Gasteiger partial charge on any atom is -0.465 e. The highest BCUT2D eigenvalue weighted by atomic mass is 19.4. The number of nitrogens with zero attached hydrogens (tertiary/aromatic N) is 1. The third-order valence-electron chi connectivity index (χ3n) is 2.00. The van der Waals surface area contributed by atoms with Crippen molar-refractivity contribution in [2.45, 2.75) is 6.18 Å². The van der Waals surface area contributed by atoms with Gasteiger partial charge in [0, 0.05) is 18.8 Å². The summed E-state index contributed by atoms with van der Waals surface area (Å²) in [5, 5.41) is 0. The van der Waals surface area contributed by atoms with Crippen LogP contribution in [0, 0.1) is 0 Å². The second kappa shape index (κ2) is 3.99. The first-order valence-corrected chi connectivity index (χ1v) is 4.13. The number of carbonyl (C=O) groups excluding carboxylic acids is 2. The van der Waals surface area contributed by atoms with E-state index in [0.29, 0.717) is 4.57 Å². The quantitative estimate of drug-likeness (QED) is 0.578. The van der Waals surface area contributed by atoms with Gasteiger partial charge in [0.25, 0.3) is 0 Å². The maximum absolute atomic E-state index is 12.6. The number of hydrogen-bond donors (Lipinski definition) is 0. The molecule has 0 aliphatic carbocycles. The number of ether oxygens (including phenoxy) is 1. The van der Waals surface area contributed by atoms with E-state index in [0.717, 1.165) is 20.4 Å². The highest BCUT2D eigenvalue weighted by Crippen LogP contribution is 2.34. The van der Waals surface area contributed by atoms with E-state index in [1.54, 1.807) is 0 Å². The summed E-state index contributed by atoms with van der Waals surface area (Å²) in [7, 11) is 2.05. The number of aromatic nitrogens is 1. The first-order chi connectivity index (χ1) is 7.32. The van der Waals surface area contributed by atoms with E-state index in [2.05, 4.69) is 4.74 Å². The fourth-order valence-corrected chi connectivity index (χ4v) is 1.40. The van der Waals surface area contributed by atoms with Crippen molar-refractivity contribution in [3.05, 3.63) is 23.0 Å². The third-order valence-corrected chi connectivity index (χ3v) is 2.00. The molecule has 1 aromatic heterocycles. The van der Waals surface area contributed by atoms with Gasteiger partial charge in [0.15, 0.2) is 6.29 Å². The van der Waals surface area contributed by atoms with E-state index in [1.807, 2.05) is 0 Å². The SMILES string of the molecule is COC(=O)c1c(C=O)cn(C)c1C(F)(F)F. The van der Waals surface area contributed by atoms with Gasteiger partial charge < -0.3 is 9.30 Å². The minimum atomic E-state index is -4.72.